The number of ether oxygens (including phenoxy) is 2. The second-order valence-electron chi connectivity index (χ2n) is 7.89. The van der Waals surface area contributed by atoms with Gasteiger partial charge in [-0.05, 0) is 29.2 Å². The average molecular weight is 479 g/mol. The van der Waals surface area contributed by atoms with E-state index < -0.39 is 0 Å². The van der Waals surface area contributed by atoms with Crippen molar-refractivity contribution in [2.24, 2.45) is 0 Å². The Bertz CT molecular complexity index is 1300. The molecule has 34 heavy (non-hydrogen) atoms. The highest BCUT2D eigenvalue weighted by atomic mass is 32.2. The predicted molar refractivity (Wildman–Crippen MR) is 133 cm³/mol. The van der Waals surface area contributed by atoms with Gasteiger partial charge in [0.15, 0.2) is 17.4 Å². The molecule has 1 aliphatic rings. The minimum absolute atomic E-state index is 0.0435. The highest BCUT2D eigenvalue weighted by molar-refractivity contribution is 7.98. The number of amides is 1. The van der Waals surface area contributed by atoms with Crippen molar-refractivity contribution < 1.29 is 14.3 Å². The van der Waals surface area contributed by atoms with Crippen molar-refractivity contribution in [3.63, 3.8) is 0 Å². The molecule has 0 spiro atoms. The molecule has 9 nitrogen and oxygen atoms in total. The fourth-order valence-corrected chi connectivity index (χ4v) is 4.31. The number of morpholine rings is 1. The quantitative estimate of drug-likeness (QED) is 0.305. The Kier molecular flexibility index (Phi) is 6.77. The zero-order valence-corrected chi connectivity index (χ0v) is 19.8. The molecule has 0 aliphatic carbocycles. The first-order valence-electron chi connectivity index (χ1n) is 11.2. The van der Waals surface area contributed by atoms with Gasteiger partial charge in [0.05, 0.1) is 31.3 Å². The van der Waals surface area contributed by atoms with E-state index in [9.17, 15) is 4.79 Å². The van der Waals surface area contributed by atoms with Crippen molar-refractivity contribution in [2.75, 3.05) is 50.6 Å². The second-order valence-corrected chi connectivity index (χ2v) is 8.66. The lowest BCUT2D eigenvalue weighted by atomic mass is 10.1. The Balaban J connectivity index is 1.20. The van der Waals surface area contributed by atoms with Crippen LogP contribution in [0.2, 0.25) is 0 Å². The smallest absolute Gasteiger partial charge is 0.258 e. The van der Waals surface area contributed by atoms with Gasteiger partial charge in [-0.15, -0.1) is 0 Å². The number of benzene rings is 2. The van der Waals surface area contributed by atoms with Crippen LogP contribution in [0.5, 0.6) is 5.75 Å². The molecular formula is C24H26N6O3S. The summed E-state index contributed by atoms with van der Waals surface area (Å²) in [5.41, 5.74) is 0.766. The normalized spacial score (nSPS) is 14.0. The molecule has 0 bridgehead atoms. The molecule has 10 heteroatoms. The van der Waals surface area contributed by atoms with Crippen molar-refractivity contribution in [2.45, 2.75) is 11.7 Å². The first-order chi connectivity index (χ1) is 16.7. The lowest BCUT2D eigenvalue weighted by Gasteiger charge is -2.28. The van der Waals surface area contributed by atoms with Crippen LogP contribution in [0.25, 0.3) is 21.8 Å². The summed E-state index contributed by atoms with van der Waals surface area (Å²) in [4.78, 5) is 23.9. The van der Waals surface area contributed by atoms with Gasteiger partial charge < -0.3 is 19.7 Å². The van der Waals surface area contributed by atoms with Gasteiger partial charge in [0.25, 0.3) is 5.91 Å². The maximum Gasteiger partial charge on any atom is 0.258 e. The Morgan fingerprint density at radius 1 is 1.15 bits per heavy atom. The lowest BCUT2D eigenvalue weighted by Crippen LogP contribution is -2.37. The number of fused-ring (bicyclic) bond motifs is 2. The zero-order valence-electron chi connectivity index (χ0n) is 18.9. The van der Waals surface area contributed by atoms with Gasteiger partial charge in [-0.3, -0.25) is 4.79 Å². The fraction of sp³-hybridized carbons (Fsp3) is 0.333. The summed E-state index contributed by atoms with van der Waals surface area (Å²) < 4.78 is 13.0. The van der Waals surface area contributed by atoms with E-state index in [0.717, 1.165) is 40.7 Å². The Hall–Kier alpha value is -3.37. The van der Waals surface area contributed by atoms with E-state index in [1.165, 1.54) is 11.8 Å². The van der Waals surface area contributed by atoms with Gasteiger partial charge in [0.1, 0.15) is 11.6 Å². The van der Waals surface area contributed by atoms with Crippen LogP contribution in [-0.2, 0) is 16.1 Å². The summed E-state index contributed by atoms with van der Waals surface area (Å²) in [6.07, 6.45) is 3.76. The van der Waals surface area contributed by atoms with Gasteiger partial charge in [0, 0.05) is 19.6 Å². The van der Waals surface area contributed by atoms with Crippen LogP contribution >= 0.6 is 11.8 Å². The largest absolute Gasteiger partial charge is 0.484 e. The monoisotopic (exact) mass is 478 g/mol. The third-order valence-electron chi connectivity index (χ3n) is 5.69. The highest BCUT2D eigenvalue weighted by Crippen LogP contribution is 2.27. The van der Waals surface area contributed by atoms with Crippen LogP contribution in [0.4, 0.5) is 5.82 Å². The third-order valence-corrected chi connectivity index (χ3v) is 6.23. The van der Waals surface area contributed by atoms with Crippen molar-refractivity contribution >= 4 is 45.3 Å². The van der Waals surface area contributed by atoms with Crippen molar-refractivity contribution in [1.82, 2.24) is 25.1 Å². The number of aromatic nitrogens is 4. The maximum absolute atomic E-state index is 12.3. The summed E-state index contributed by atoms with van der Waals surface area (Å²) in [6, 6.07) is 13.8. The maximum atomic E-state index is 12.3. The van der Waals surface area contributed by atoms with Crippen LogP contribution in [-0.4, -0.2) is 71.4 Å². The Morgan fingerprint density at radius 2 is 1.97 bits per heavy atom. The summed E-state index contributed by atoms with van der Waals surface area (Å²) in [5, 5.41) is 11.2. The molecule has 0 radical (unpaired) electrons. The molecule has 2 aromatic carbocycles. The molecule has 0 atom stereocenters. The average Bonchev–Trinajstić information content (AvgIpc) is 3.30. The molecule has 1 N–H and O–H groups in total. The Labute approximate surface area is 201 Å². The molecule has 1 saturated heterocycles. The van der Waals surface area contributed by atoms with Crippen molar-refractivity contribution in [1.29, 1.82) is 0 Å². The van der Waals surface area contributed by atoms with E-state index in [0.29, 0.717) is 37.2 Å². The van der Waals surface area contributed by atoms with Crippen molar-refractivity contribution in [3.8, 4) is 5.75 Å². The second kappa shape index (κ2) is 10.3. The number of thioether (sulfide) groups is 1. The molecular weight excluding hydrogens is 452 g/mol. The molecule has 1 aliphatic heterocycles. The summed E-state index contributed by atoms with van der Waals surface area (Å²) in [6.45, 7) is 3.82. The lowest BCUT2D eigenvalue weighted by molar-refractivity contribution is -0.123. The number of rotatable bonds is 8. The van der Waals surface area contributed by atoms with Gasteiger partial charge in [0.2, 0.25) is 0 Å². The molecule has 1 fully saturated rings. The third kappa shape index (κ3) is 4.92. The van der Waals surface area contributed by atoms with E-state index in [4.69, 9.17) is 14.5 Å². The minimum atomic E-state index is -0.182. The number of nitrogens with zero attached hydrogens (tertiary/aromatic N) is 5. The van der Waals surface area contributed by atoms with Gasteiger partial charge in [-0.25, -0.2) is 14.6 Å². The molecule has 176 valence electrons. The number of carbonyl (C=O) groups is 1. The zero-order chi connectivity index (χ0) is 23.3. The molecule has 5 rings (SSSR count). The number of hydrogen-bond acceptors (Lipinski definition) is 8. The van der Waals surface area contributed by atoms with Crippen LogP contribution in [0.3, 0.4) is 0 Å². The Morgan fingerprint density at radius 3 is 2.79 bits per heavy atom. The van der Waals surface area contributed by atoms with Crippen LogP contribution in [0, 0.1) is 0 Å². The molecule has 0 saturated carbocycles. The van der Waals surface area contributed by atoms with E-state index >= 15 is 0 Å². The van der Waals surface area contributed by atoms with E-state index in [-0.39, 0.29) is 12.5 Å². The highest BCUT2D eigenvalue weighted by Gasteiger charge is 2.20. The summed E-state index contributed by atoms with van der Waals surface area (Å²) >= 11 is 1.50. The van der Waals surface area contributed by atoms with Crippen LogP contribution in [0.1, 0.15) is 0 Å². The van der Waals surface area contributed by atoms with Crippen LogP contribution < -0.4 is 15.0 Å². The molecule has 3 heterocycles. The van der Waals surface area contributed by atoms with Gasteiger partial charge >= 0.3 is 0 Å². The standard InChI is InChI=1S/C24H26N6O3S/c1-34-24-27-22(29-10-12-32-13-11-29)20-15-26-30(23(20)28-24)9-8-25-21(31)16-33-19-7-6-17-4-2-3-5-18(17)14-19/h2-7,14-15H,8-13,16H2,1H3,(H,25,31). The topological polar surface area (TPSA) is 94.4 Å². The first kappa shape index (κ1) is 22.4. The van der Waals surface area contributed by atoms with E-state index in [1.54, 1.807) is 6.20 Å². The van der Waals surface area contributed by atoms with Crippen molar-refractivity contribution in [3.05, 3.63) is 48.7 Å². The van der Waals surface area contributed by atoms with E-state index in [2.05, 4.69) is 20.3 Å². The number of hydrogen-bond donors (Lipinski definition) is 1. The molecule has 0 unspecified atom stereocenters. The minimum Gasteiger partial charge on any atom is -0.484 e. The van der Waals surface area contributed by atoms with E-state index in [1.807, 2.05) is 53.4 Å². The predicted octanol–water partition coefficient (Wildman–Crippen LogP) is 2.73. The molecule has 4 aromatic rings. The fourth-order valence-electron chi connectivity index (χ4n) is 3.95. The number of anilines is 1. The van der Waals surface area contributed by atoms with Gasteiger partial charge in [-0.2, -0.15) is 5.10 Å². The molecule has 1 amide bonds. The summed E-state index contributed by atoms with van der Waals surface area (Å²) in [7, 11) is 0. The first-order valence-corrected chi connectivity index (χ1v) is 12.4. The SMILES string of the molecule is CSc1nc(N2CCOCC2)c2cnn(CCNC(=O)COc3ccc4ccccc4c3)c2n1. The van der Waals surface area contributed by atoms with Crippen LogP contribution in [0.15, 0.2) is 53.8 Å². The molecule has 2 aromatic heterocycles. The number of carbonyl (C=O) groups excluding carboxylic acids is 1. The van der Waals surface area contributed by atoms with Gasteiger partial charge in [-0.1, -0.05) is 42.1 Å². The summed E-state index contributed by atoms with van der Waals surface area (Å²) in [5.74, 6) is 1.37. The number of nitrogens with one attached hydrogen (secondary N) is 1.